The molecule has 0 aromatic heterocycles. The summed E-state index contributed by atoms with van der Waals surface area (Å²) in [5, 5.41) is 50.3. The number of aromatic hydroxyl groups is 1. The summed E-state index contributed by atoms with van der Waals surface area (Å²) in [4.78, 5) is 11.4. The summed E-state index contributed by atoms with van der Waals surface area (Å²) in [7, 11) is 1.51. The zero-order chi connectivity index (χ0) is 30.1. The van der Waals surface area contributed by atoms with Crippen LogP contribution in [0.1, 0.15) is 12.5 Å². The van der Waals surface area contributed by atoms with Gasteiger partial charge >= 0.3 is 0 Å². The van der Waals surface area contributed by atoms with Crippen LogP contribution in [0.2, 0.25) is 0 Å². The van der Waals surface area contributed by atoms with Gasteiger partial charge < -0.3 is 34.8 Å². The summed E-state index contributed by atoms with van der Waals surface area (Å²) >= 11 is 0. The average Bonchev–Trinajstić information content (AvgIpc) is 2.98. The van der Waals surface area contributed by atoms with Gasteiger partial charge in [0, 0.05) is 30.1 Å². The van der Waals surface area contributed by atoms with Crippen molar-refractivity contribution in [2.24, 2.45) is 20.5 Å². The number of phenolic OH excluding ortho intramolecular Hbond substituents is 1. The molecule has 0 saturated carbocycles. The highest BCUT2D eigenvalue weighted by molar-refractivity contribution is 5.97. The number of anilines is 1. The Morgan fingerprint density at radius 1 is 0.786 bits per heavy atom. The van der Waals surface area contributed by atoms with Crippen LogP contribution in [0.15, 0.2) is 81.1 Å². The maximum Gasteiger partial charge on any atom is 0.221 e. The van der Waals surface area contributed by atoms with Gasteiger partial charge in [-0.1, -0.05) is 6.07 Å². The van der Waals surface area contributed by atoms with Crippen molar-refractivity contribution in [3.63, 3.8) is 0 Å². The van der Waals surface area contributed by atoms with E-state index in [1.807, 2.05) is 6.92 Å². The van der Waals surface area contributed by atoms with E-state index in [-0.39, 0.29) is 43.8 Å². The maximum atomic E-state index is 11.4. The first-order valence-electron chi connectivity index (χ1n) is 13.0. The standard InChI is InChI=1S/C30H31N5O7/c1-18-14-27(35-33-25-8-4-20-15-21(31-19(2)38)5-7-23(20)30(25)39)29(42-13-11-37)17-26(18)34-32-24-9-6-22(41-12-10-36)16-28(24)40-3/h4-9,14-17,36-37,39H,10-13H2,1-3H3,(H,31,38). The van der Waals surface area contributed by atoms with Gasteiger partial charge in [-0.15, -0.1) is 15.3 Å². The molecule has 42 heavy (non-hydrogen) atoms. The molecule has 0 bridgehead atoms. The van der Waals surface area contributed by atoms with Crippen molar-refractivity contribution in [3.8, 4) is 23.0 Å². The first kappa shape index (κ1) is 29.9. The van der Waals surface area contributed by atoms with E-state index in [4.69, 9.17) is 19.3 Å². The lowest BCUT2D eigenvalue weighted by Gasteiger charge is -2.11. The van der Waals surface area contributed by atoms with Gasteiger partial charge in [0.15, 0.2) is 5.75 Å². The second-order valence-electron chi connectivity index (χ2n) is 9.03. The normalized spacial score (nSPS) is 11.4. The van der Waals surface area contributed by atoms with Crippen molar-refractivity contribution in [3.05, 3.63) is 66.2 Å². The Balaban J connectivity index is 1.62. The number of nitrogens with zero attached hydrogens (tertiary/aromatic N) is 4. The molecule has 218 valence electrons. The van der Waals surface area contributed by atoms with Gasteiger partial charge in [-0.3, -0.25) is 4.79 Å². The molecule has 4 aromatic rings. The van der Waals surface area contributed by atoms with E-state index in [1.165, 1.54) is 14.0 Å². The molecule has 12 nitrogen and oxygen atoms in total. The highest BCUT2D eigenvalue weighted by Crippen LogP contribution is 2.40. The minimum atomic E-state index is -0.213. The van der Waals surface area contributed by atoms with E-state index in [0.717, 1.165) is 10.9 Å². The summed E-state index contributed by atoms with van der Waals surface area (Å²) in [6, 6.07) is 16.9. The smallest absolute Gasteiger partial charge is 0.221 e. The van der Waals surface area contributed by atoms with Crippen LogP contribution in [0.5, 0.6) is 23.0 Å². The zero-order valence-electron chi connectivity index (χ0n) is 23.4. The number of rotatable bonds is 12. The zero-order valence-corrected chi connectivity index (χ0v) is 23.4. The van der Waals surface area contributed by atoms with Crippen molar-refractivity contribution in [1.29, 1.82) is 0 Å². The number of aryl methyl sites for hydroxylation is 1. The fourth-order valence-electron chi connectivity index (χ4n) is 3.99. The van der Waals surface area contributed by atoms with E-state index >= 15 is 0 Å². The Hall–Kier alpha value is -5.07. The summed E-state index contributed by atoms with van der Waals surface area (Å²) in [6.07, 6.45) is 0. The molecule has 4 N–H and O–H groups in total. The van der Waals surface area contributed by atoms with Crippen LogP contribution in [0, 0.1) is 6.92 Å². The molecule has 0 fully saturated rings. The topological polar surface area (TPSA) is 167 Å². The fourth-order valence-corrected chi connectivity index (χ4v) is 3.99. The van der Waals surface area contributed by atoms with Gasteiger partial charge in [0.1, 0.15) is 47.5 Å². The Kier molecular flexibility index (Phi) is 9.98. The van der Waals surface area contributed by atoms with Gasteiger partial charge in [0.25, 0.3) is 0 Å². The Morgan fingerprint density at radius 3 is 2.21 bits per heavy atom. The van der Waals surface area contributed by atoms with Crippen LogP contribution in [-0.2, 0) is 4.79 Å². The number of hydrogen-bond acceptors (Lipinski definition) is 11. The van der Waals surface area contributed by atoms with Crippen LogP contribution in [0.3, 0.4) is 0 Å². The number of fused-ring (bicyclic) bond motifs is 1. The predicted octanol–water partition coefficient (Wildman–Crippen LogP) is 6.39. The monoisotopic (exact) mass is 573 g/mol. The molecule has 0 spiro atoms. The summed E-state index contributed by atoms with van der Waals surface area (Å²) in [5.74, 6) is 1.03. The first-order chi connectivity index (χ1) is 20.3. The van der Waals surface area contributed by atoms with Crippen LogP contribution in [0.25, 0.3) is 10.8 Å². The Labute approximate surface area is 241 Å². The van der Waals surface area contributed by atoms with Crippen LogP contribution < -0.4 is 19.5 Å². The van der Waals surface area contributed by atoms with E-state index in [1.54, 1.807) is 60.7 Å². The minimum absolute atomic E-state index is 0.0170. The third-order valence-corrected chi connectivity index (χ3v) is 5.96. The molecule has 4 aromatic carbocycles. The number of nitrogens with one attached hydrogen (secondary N) is 1. The van der Waals surface area contributed by atoms with Gasteiger partial charge in [0.05, 0.1) is 26.0 Å². The lowest BCUT2D eigenvalue weighted by atomic mass is 10.1. The molecule has 0 aliphatic carbocycles. The van der Waals surface area contributed by atoms with Crippen molar-refractivity contribution >= 4 is 45.1 Å². The predicted molar refractivity (Wildman–Crippen MR) is 158 cm³/mol. The highest BCUT2D eigenvalue weighted by Gasteiger charge is 2.12. The molecule has 0 atom stereocenters. The number of benzene rings is 4. The largest absolute Gasteiger partial charge is 0.505 e. The number of methoxy groups -OCH3 is 1. The molecule has 0 radical (unpaired) electrons. The van der Waals surface area contributed by atoms with E-state index in [0.29, 0.717) is 45.4 Å². The number of hydrogen-bond donors (Lipinski definition) is 4. The lowest BCUT2D eigenvalue weighted by Crippen LogP contribution is -2.05. The molecule has 0 unspecified atom stereocenters. The number of azo groups is 2. The van der Waals surface area contributed by atoms with Gasteiger partial charge in [0.2, 0.25) is 5.91 Å². The minimum Gasteiger partial charge on any atom is -0.505 e. The number of carbonyl (C=O) groups excluding carboxylic acids is 1. The van der Waals surface area contributed by atoms with Crippen LogP contribution >= 0.6 is 0 Å². The maximum absolute atomic E-state index is 11.4. The van der Waals surface area contributed by atoms with Gasteiger partial charge in [-0.05, 0) is 60.3 Å². The summed E-state index contributed by atoms with van der Waals surface area (Å²) in [6.45, 7) is 3.11. The highest BCUT2D eigenvalue weighted by atomic mass is 16.5. The van der Waals surface area contributed by atoms with Crippen molar-refractivity contribution in [2.45, 2.75) is 13.8 Å². The second-order valence-corrected chi connectivity index (χ2v) is 9.03. The Bertz CT molecular complexity index is 1640. The Morgan fingerprint density at radius 2 is 1.48 bits per heavy atom. The third kappa shape index (κ3) is 7.36. The summed E-state index contributed by atoms with van der Waals surface area (Å²) < 4.78 is 16.5. The molecule has 0 aliphatic rings. The second kappa shape index (κ2) is 14.0. The van der Waals surface area contributed by atoms with Crippen molar-refractivity contribution in [1.82, 2.24) is 0 Å². The SMILES string of the molecule is COc1cc(OCCO)ccc1N=Nc1cc(OCCO)c(N=Nc2ccc3cc(NC(C)=O)ccc3c2O)cc1C. The number of ether oxygens (including phenoxy) is 3. The number of amides is 1. The molecule has 0 heterocycles. The first-order valence-corrected chi connectivity index (χ1v) is 13.0. The molecular weight excluding hydrogens is 542 g/mol. The molecule has 0 aliphatic heterocycles. The van der Waals surface area contributed by atoms with Gasteiger partial charge in [-0.2, -0.15) is 5.11 Å². The van der Waals surface area contributed by atoms with Crippen molar-refractivity contribution in [2.75, 3.05) is 38.9 Å². The molecule has 12 heteroatoms. The number of carbonyl (C=O) groups is 1. The molecule has 4 rings (SSSR count). The van der Waals surface area contributed by atoms with Gasteiger partial charge in [-0.25, -0.2) is 0 Å². The third-order valence-electron chi connectivity index (χ3n) is 5.96. The van der Waals surface area contributed by atoms with E-state index in [2.05, 4.69) is 25.8 Å². The summed E-state index contributed by atoms with van der Waals surface area (Å²) in [5.41, 5.74) is 2.90. The quantitative estimate of drug-likeness (QED) is 0.142. The molecule has 1 amide bonds. The average molecular weight is 574 g/mol. The number of aliphatic hydroxyl groups is 2. The van der Waals surface area contributed by atoms with Crippen LogP contribution in [0.4, 0.5) is 28.4 Å². The lowest BCUT2D eigenvalue weighted by molar-refractivity contribution is -0.114. The van der Waals surface area contributed by atoms with Crippen LogP contribution in [-0.4, -0.2) is 54.8 Å². The fraction of sp³-hybridized carbons (Fsp3) is 0.233. The number of aliphatic hydroxyl groups excluding tert-OH is 2. The molecule has 0 saturated heterocycles. The number of phenols is 1. The molecular formula is C30H31N5O7. The van der Waals surface area contributed by atoms with E-state index < -0.39 is 0 Å². The van der Waals surface area contributed by atoms with Crippen molar-refractivity contribution < 1.29 is 34.3 Å². The van der Waals surface area contributed by atoms with E-state index in [9.17, 15) is 15.0 Å².